The molecule has 3 heterocycles. The molecule has 650 valence electrons. The van der Waals surface area contributed by atoms with Gasteiger partial charge in [0.05, 0.1) is 33.1 Å². The Morgan fingerprint density at radius 3 is 0.737 bits per heavy atom. The van der Waals surface area contributed by atoms with Crippen LogP contribution in [0.4, 0.5) is 0 Å². The van der Waals surface area contributed by atoms with Crippen LogP contribution in [0, 0.1) is 0 Å². The summed E-state index contributed by atoms with van der Waals surface area (Å²) in [5, 5.41) is 25.9. The van der Waals surface area contributed by atoms with E-state index in [1.165, 1.54) is 233 Å². The quantitative estimate of drug-likeness (QED) is 0.120. The van der Waals surface area contributed by atoms with Crippen molar-refractivity contribution in [2.75, 3.05) is 0 Å². The lowest BCUT2D eigenvalue weighted by atomic mass is 9.79. The highest BCUT2D eigenvalue weighted by Gasteiger charge is 2.26. The third-order valence-electron chi connectivity index (χ3n) is 27.5. The lowest BCUT2D eigenvalue weighted by Crippen LogP contribution is -2.29. The Kier molecular flexibility index (Phi) is 22.5. The summed E-state index contributed by atoms with van der Waals surface area (Å²) in [6, 6.07) is 177. The lowest BCUT2D eigenvalue weighted by Gasteiger charge is -2.14. The van der Waals surface area contributed by atoms with Gasteiger partial charge in [-0.2, -0.15) is 0 Å². The maximum Gasteiger partial charge on any atom is 0.488 e. The summed E-state index contributed by atoms with van der Waals surface area (Å²) in [6.07, 6.45) is 2.98. The highest BCUT2D eigenvalue weighted by atomic mass is 79.9. The van der Waals surface area contributed by atoms with Crippen molar-refractivity contribution < 1.29 is 10.0 Å². The maximum absolute atomic E-state index is 9.16. The fourth-order valence-corrected chi connectivity index (χ4v) is 21.4. The predicted octanol–water partition coefficient (Wildman–Crippen LogP) is 33.2. The molecule has 0 atom stereocenters. The number of fused-ring (bicyclic) bond motifs is 18. The van der Waals surface area contributed by atoms with Gasteiger partial charge in [-0.25, -0.2) is 0 Å². The van der Waals surface area contributed by atoms with Gasteiger partial charge in [-0.1, -0.05) is 387 Å². The Morgan fingerprint density at radius 1 is 0.175 bits per heavy atom. The standard InChI is InChI=1S/2C43H29N.C30H20BrN.C13H11BO2.CH4/c2*1-3-11-29(12-4-1)35-24-36(30-13-5-2-6-14-30)26-37(25-35)44-42-18-10-9-17-39(42)41-28-32(21-22-43(41)44)31-19-20-34-23-33-15-7-8-16-38(33)40(34)27-31;31-25-15-16-30-28(20-25)27-13-7-8-14-29(27)32(30)26-18-23(21-9-3-1-4-10-21)17-24(19-26)22-11-5-2-6-12-22;15-14(16)11-6-5-10-7-9-3-1-2-4-12(9)13(10)8-11;/h2*1-22,24-28H,23H2;1-20H;1-6,8,15-16H,7H2;1H4. The zero-order valence-corrected chi connectivity index (χ0v) is 76.2. The summed E-state index contributed by atoms with van der Waals surface area (Å²) in [4.78, 5) is 0. The van der Waals surface area contributed by atoms with E-state index in [1.54, 1.807) is 6.07 Å². The van der Waals surface area contributed by atoms with Crippen LogP contribution in [0.5, 0.6) is 0 Å². The number of rotatable bonds is 12. The Hall–Kier alpha value is -16.5. The summed E-state index contributed by atoms with van der Waals surface area (Å²) >= 11 is 3.66. The number of benzene rings is 21. The van der Waals surface area contributed by atoms with Crippen LogP contribution in [0.3, 0.4) is 0 Å². The predicted molar refractivity (Wildman–Crippen MR) is 581 cm³/mol. The molecule has 137 heavy (non-hydrogen) atoms. The molecule has 0 saturated heterocycles. The van der Waals surface area contributed by atoms with Crippen molar-refractivity contribution >= 4 is 93.9 Å². The molecule has 0 radical (unpaired) electrons. The molecule has 0 unspecified atom stereocenters. The van der Waals surface area contributed by atoms with E-state index in [9.17, 15) is 0 Å². The van der Waals surface area contributed by atoms with Crippen LogP contribution in [0.1, 0.15) is 40.8 Å². The zero-order valence-electron chi connectivity index (χ0n) is 74.6. The van der Waals surface area contributed by atoms with Crippen LogP contribution in [0.2, 0.25) is 0 Å². The van der Waals surface area contributed by atoms with E-state index in [2.05, 4.69) is 491 Å². The average Bonchev–Trinajstić information content (AvgIpc) is 1.51. The van der Waals surface area contributed by atoms with Gasteiger partial charge >= 0.3 is 7.12 Å². The first-order valence-electron chi connectivity index (χ1n) is 46.7. The number of para-hydroxylation sites is 3. The van der Waals surface area contributed by atoms with Crippen molar-refractivity contribution in [2.24, 2.45) is 0 Å². The van der Waals surface area contributed by atoms with E-state index in [4.69, 9.17) is 10.0 Å². The van der Waals surface area contributed by atoms with E-state index in [1.807, 2.05) is 24.3 Å². The van der Waals surface area contributed by atoms with Crippen LogP contribution in [0.25, 0.3) is 205 Å². The first kappa shape index (κ1) is 84.7. The fourth-order valence-electron chi connectivity index (χ4n) is 21.0. The van der Waals surface area contributed by atoms with Gasteiger partial charge < -0.3 is 23.7 Å². The molecule has 2 N–H and O–H groups in total. The van der Waals surface area contributed by atoms with Crippen LogP contribution in [-0.2, 0) is 19.3 Å². The molecule has 0 bridgehead atoms. The topological polar surface area (TPSA) is 55.2 Å². The van der Waals surface area contributed by atoms with E-state index < -0.39 is 7.12 Å². The summed E-state index contributed by atoms with van der Waals surface area (Å²) in [5.74, 6) is 0. The largest absolute Gasteiger partial charge is 0.488 e. The van der Waals surface area contributed by atoms with Gasteiger partial charge in [-0.05, 0) is 308 Å². The summed E-state index contributed by atoms with van der Waals surface area (Å²) in [6.45, 7) is 0. The Labute approximate surface area is 807 Å². The normalized spacial score (nSPS) is 11.8. The number of hydrogen-bond donors (Lipinski definition) is 2. The average molecular weight is 1820 g/mol. The molecule has 7 heteroatoms. The minimum Gasteiger partial charge on any atom is -0.423 e. The highest BCUT2D eigenvalue weighted by Crippen LogP contribution is 2.47. The molecule has 0 spiro atoms. The number of hydrogen-bond acceptors (Lipinski definition) is 2. The van der Waals surface area contributed by atoms with Gasteiger partial charge in [0, 0.05) is 53.9 Å². The third kappa shape index (κ3) is 16.2. The van der Waals surface area contributed by atoms with Gasteiger partial charge in [0.2, 0.25) is 0 Å². The SMILES string of the molecule is Brc1ccc2c(c1)c1ccccc1n2-c1cc(-c2ccccc2)cc(-c2ccccc2)c1.C.OB(O)c1ccc2c(c1)-c1ccccc1C2.c1ccc(-c2cc(-c3ccccc3)cc(-n3c4ccccc4c4cc(-c5ccc6c(c5)-c5ccccc5C6)ccc43)c2)cc1.c1ccc(-c2cc(-c3ccccc3)cc(-n3c4ccccc4c4cc(-c5ccc6c(c5)-c5ccccc5C6)ccc43)c2)cc1. The number of nitrogens with zero attached hydrogens (tertiary/aromatic N) is 3. The molecule has 0 amide bonds. The van der Waals surface area contributed by atoms with E-state index in [0.717, 1.165) is 29.3 Å². The second-order valence-electron chi connectivity index (χ2n) is 35.7. The molecular weight excluding hydrogens is 1730 g/mol. The maximum atomic E-state index is 9.16. The molecule has 3 aliphatic rings. The molecule has 0 aliphatic heterocycles. The summed E-state index contributed by atoms with van der Waals surface area (Å²) in [7, 11) is -1.39. The van der Waals surface area contributed by atoms with E-state index in [0.29, 0.717) is 5.46 Å². The van der Waals surface area contributed by atoms with Crippen molar-refractivity contribution in [3.05, 3.63) is 529 Å². The molecule has 24 aromatic rings. The summed E-state index contributed by atoms with van der Waals surface area (Å²) < 4.78 is 8.35. The fraction of sp³-hybridized carbons (Fsp3) is 0.0308. The first-order valence-corrected chi connectivity index (χ1v) is 47.5. The molecular formula is C130H93BBrN3O2. The second-order valence-corrected chi connectivity index (χ2v) is 36.6. The van der Waals surface area contributed by atoms with E-state index in [-0.39, 0.29) is 7.43 Å². The third-order valence-corrected chi connectivity index (χ3v) is 28.0. The lowest BCUT2D eigenvalue weighted by molar-refractivity contribution is 0.426. The molecule has 21 aromatic carbocycles. The minimum atomic E-state index is -1.39. The van der Waals surface area contributed by atoms with Crippen molar-refractivity contribution in [3.63, 3.8) is 0 Å². The smallest absolute Gasteiger partial charge is 0.423 e. The summed E-state index contributed by atoms with van der Waals surface area (Å²) in [5.41, 5.74) is 47.0. The van der Waals surface area contributed by atoms with Gasteiger partial charge in [-0.3, -0.25) is 0 Å². The van der Waals surface area contributed by atoms with Crippen molar-refractivity contribution in [1.82, 2.24) is 13.7 Å². The number of halogens is 1. The molecule has 3 aromatic heterocycles. The van der Waals surface area contributed by atoms with Crippen molar-refractivity contribution in [2.45, 2.75) is 26.7 Å². The van der Waals surface area contributed by atoms with Crippen LogP contribution in [-0.4, -0.2) is 30.9 Å². The highest BCUT2D eigenvalue weighted by molar-refractivity contribution is 9.10. The van der Waals surface area contributed by atoms with Crippen LogP contribution < -0.4 is 5.46 Å². The number of aromatic nitrogens is 3. The van der Waals surface area contributed by atoms with Gasteiger partial charge in [0.1, 0.15) is 0 Å². The van der Waals surface area contributed by atoms with Crippen molar-refractivity contribution in [1.29, 1.82) is 0 Å². The minimum absolute atomic E-state index is 0. The monoisotopic (exact) mass is 1820 g/mol. The molecule has 27 rings (SSSR count). The zero-order chi connectivity index (χ0) is 90.7. The Morgan fingerprint density at radius 2 is 0.416 bits per heavy atom. The van der Waals surface area contributed by atoms with Gasteiger partial charge in [-0.15, -0.1) is 0 Å². The molecule has 3 aliphatic carbocycles. The van der Waals surface area contributed by atoms with Gasteiger partial charge in [0.15, 0.2) is 0 Å². The van der Waals surface area contributed by atoms with E-state index >= 15 is 0 Å². The first-order chi connectivity index (χ1) is 67.1. The molecule has 5 nitrogen and oxygen atoms in total. The molecule has 0 saturated carbocycles. The van der Waals surface area contributed by atoms with Crippen molar-refractivity contribution in [3.8, 4) is 139 Å². The molecule has 0 fully saturated rings. The van der Waals surface area contributed by atoms with Crippen LogP contribution >= 0.6 is 15.9 Å². The Balaban J connectivity index is 0.000000107. The van der Waals surface area contributed by atoms with Crippen LogP contribution in [0.15, 0.2) is 496 Å². The Bertz CT molecular complexity index is 8210. The second kappa shape index (κ2) is 36.5. The van der Waals surface area contributed by atoms with Gasteiger partial charge in [0.25, 0.3) is 0 Å².